The fourth-order valence-corrected chi connectivity index (χ4v) is 3.86. The van der Waals surface area contributed by atoms with E-state index >= 15 is 0 Å². The molecule has 3 rings (SSSR count). The van der Waals surface area contributed by atoms with E-state index in [4.69, 9.17) is 20.4 Å². The van der Waals surface area contributed by atoms with Crippen LogP contribution in [0.1, 0.15) is 69.4 Å². The van der Waals surface area contributed by atoms with Crippen LogP contribution >= 0.6 is 12.4 Å². The number of guanidine groups is 1. The van der Waals surface area contributed by atoms with Gasteiger partial charge in [0, 0.05) is 12.0 Å². The van der Waals surface area contributed by atoms with Crippen molar-refractivity contribution in [3.05, 3.63) is 29.7 Å². The summed E-state index contributed by atoms with van der Waals surface area (Å²) in [5.74, 6) is -4.45. The third-order valence-electron chi connectivity index (χ3n) is 5.60. The van der Waals surface area contributed by atoms with Crippen LogP contribution in [-0.2, 0) is 6.18 Å². The third kappa shape index (κ3) is 7.42. The lowest BCUT2D eigenvalue weighted by Gasteiger charge is -2.20. The van der Waals surface area contributed by atoms with Gasteiger partial charge in [0.2, 0.25) is 11.7 Å². The van der Waals surface area contributed by atoms with Crippen molar-refractivity contribution in [1.82, 2.24) is 15.0 Å². The summed E-state index contributed by atoms with van der Waals surface area (Å²) in [4.78, 5) is 4.93. The molecule has 0 bridgehead atoms. The molecule has 0 aliphatic carbocycles. The van der Waals surface area contributed by atoms with Crippen LogP contribution in [0.4, 0.5) is 22.0 Å². The Morgan fingerprint density at radius 2 is 1.91 bits per heavy atom. The molecule has 35 heavy (non-hydrogen) atoms. The zero-order valence-corrected chi connectivity index (χ0v) is 20.0. The quantitative estimate of drug-likeness (QED) is 0.166. The van der Waals surface area contributed by atoms with Gasteiger partial charge in [-0.2, -0.15) is 18.2 Å². The number of alkyl halides is 5. The van der Waals surface area contributed by atoms with Crippen molar-refractivity contribution in [2.75, 3.05) is 13.2 Å². The van der Waals surface area contributed by atoms with Crippen LogP contribution < -0.4 is 10.5 Å². The summed E-state index contributed by atoms with van der Waals surface area (Å²) in [7, 11) is 0. The van der Waals surface area contributed by atoms with Crippen molar-refractivity contribution in [1.29, 1.82) is 5.41 Å². The molecule has 1 fully saturated rings. The van der Waals surface area contributed by atoms with Crippen LogP contribution in [0.5, 0.6) is 5.75 Å². The molecule has 3 N–H and O–H groups in total. The maximum Gasteiger partial charge on any atom is 0.419 e. The lowest BCUT2D eigenvalue weighted by molar-refractivity contribution is -0.138. The molecule has 2 aromatic rings. The lowest BCUT2D eigenvalue weighted by atomic mass is 10.1. The molecule has 0 amide bonds. The molecule has 196 valence electrons. The normalized spacial score (nSPS) is 17.3. The van der Waals surface area contributed by atoms with Crippen LogP contribution in [0, 0.1) is 5.41 Å². The Balaban J connectivity index is 0.00000432. The topological polar surface area (TPSA) is 101 Å². The largest absolute Gasteiger partial charge is 0.493 e. The molecular weight excluding hydrogens is 497 g/mol. The third-order valence-corrected chi connectivity index (χ3v) is 5.60. The second-order valence-electron chi connectivity index (χ2n) is 8.37. The first-order chi connectivity index (χ1) is 16.0. The number of halogens is 6. The maximum absolute atomic E-state index is 13.8. The van der Waals surface area contributed by atoms with Crippen molar-refractivity contribution >= 4 is 18.4 Å². The number of aromatic nitrogens is 2. The van der Waals surface area contributed by atoms with Gasteiger partial charge >= 0.3 is 6.18 Å². The van der Waals surface area contributed by atoms with E-state index in [1.54, 1.807) is 0 Å². The highest BCUT2D eigenvalue weighted by Gasteiger charge is 2.48. The van der Waals surface area contributed by atoms with E-state index in [0.29, 0.717) is 6.42 Å². The van der Waals surface area contributed by atoms with Gasteiger partial charge in [-0.1, -0.05) is 44.2 Å². The van der Waals surface area contributed by atoms with Gasteiger partial charge in [0.15, 0.2) is 5.96 Å². The summed E-state index contributed by atoms with van der Waals surface area (Å²) in [6.45, 7) is 1.49. The first-order valence-corrected chi connectivity index (χ1v) is 11.2. The number of nitrogens with zero attached hydrogens (tertiary/aromatic N) is 3. The lowest BCUT2D eigenvalue weighted by Crippen LogP contribution is -2.37. The van der Waals surface area contributed by atoms with Crippen LogP contribution in [-0.4, -0.2) is 40.1 Å². The molecule has 0 saturated carbocycles. The predicted molar refractivity (Wildman–Crippen MR) is 122 cm³/mol. The van der Waals surface area contributed by atoms with Crippen LogP contribution in [0.15, 0.2) is 22.7 Å². The molecule has 13 heteroatoms. The van der Waals surface area contributed by atoms with Crippen LogP contribution in [0.3, 0.4) is 0 Å². The van der Waals surface area contributed by atoms with E-state index in [2.05, 4.69) is 17.1 Å². The number of nitrogens with two attached hydrogens (primary N) is 1. The minimum absolute atomic E-state index is 0. The number of benzene rings is 1. The molecule has 1 saturated heterocycles. The Morgan fingerprint density at radius 1 is 1.23 bits per heavy atom. The summed E-state index contributed by atoms with van der Waals surface area (Å²) in [6, 6.07) is 2.25. The summed E-state index contributed by atoms with van der Waals surface area (Å²) in [6.07, 6.45) is 0.490. The van der Waals surface area contributed by atoms with Crippen molar-refractivity contribution in [2.45, 2.75) is 70.0 Å². The molecule has 1 aliphatic heterocycles. The molecule has 1 aliphatic rings. The van der Waals surface area contributed by atoms with Crippen molar-refractivity contribution in [3.63, 3.8) is 0 Å². The van der Waals surface area contributed by atoms with Crippen LogP contribution in [0.25, 0.3) is 11.4 Å². The summed E-state index contributed by atoms with van der Waals surface area (Å²) < 4.78 is 79.1. The van der Waals surface area contributed by atoms with Gasteiger partial charge in [0.05, 0.1) is 18.7 Å². The van der Waals surface area contributed by atoms with E-state index in [1.165, 1.54) is 12.1 Å². The Hall–Kier alpha value is -2.63. The number of unbranched alkanes of at least 4 members (excludes halogenated alkanes) is 5. The first-order valence-electron chi connectivity index (χ1n) is 11.2. The second-order valence-corrected chi connectivity index (χ2v) is 8.37. The van der Waals surface area contributed by atoms with E-state index in [0.717, 1.165) is 43.1 Å². The summed E-state index contributed by atoms with van der Waals surface area (Å²) in [5.41, 5.74) is 4.38. The summed E-state index contributed by atoms with van der Waals surface area (Å²) in [5, 5.41) is 11.2. The number of likely N-dealkylation sites (tertiary alicyclic amines) is 1. The smallest absolute Gasteiger partial charge is 0.419 e. The molecule has 1 unspecified atom stereocenters. The zero-order chi connectivity index (χ0) is 24.9. The fourth-order valence-electron chi connectivity index (χ4n) is 3.86. The Morgan fingerprint density at radius 3 is 2.57 bits per heavy atom. The molecule has 1 atom stereocenters. The fraction of sp³-hybridized carbons (Fsp3) is 0.591. The second kappa shape index (κ2) is 11.9. The van der Waals surface area contributed by atoms with Crippen LogP contribution in [0.2, 0.25) is 0 Å². The van der Waals surface area contributed by atoms with E-state index in [9.17, 15) is 22.0 Å². The number of nitrogens with one attached hydrogen (secondary N) is 1. The van der Waals surface area contributed by atoms with E-state index in [-0.39, 0.29) is 42.0 Å². The monoisotopic (exact) mass is 525 g/mol. The van der Waals surface area contributed by atoms with Gasteiger partial charge in [0.1, 0.15) is 11.8 Å². The number of hydrogen-bond donors (Lipinski definition) is 2. The highest BCUT2D eigenvalue weighted by atomic mass is 35.5. The minimum atomic E-state index is -4.68. The van der Waals surface area contributed by atoms with Gasteiger partial charge < -0.3 is 19.9 Å². The predicted octanol–water partition coefficient (Wildman–Crippen LogP) is 6.19. The maximum atomic E-state index is 13.8. The molecule has 0 radical (unpaired) electrons. The van der Waals surface area contributed by atoms with Gasteiger partial charge in [0.25, 0.3) is 5.92 Å². The minimum Gasteiger partial charge on any atom is -0.493 e. The molecule has 1 aromatic heterocycles. The molecular formula is C22H29ClF5N5O2. The Kier molecular flexibility index (Phi) is 9.70. The standard InChI is InChI=1S/C22H28F5N5O2.ClH/c1-2-3-4-5-6-7-10-33-17-9-8-14(11-15(17)22(25,26)27)18-30-19(34-31-18)16-12-21(23,24)13-32(16)20(28)29;/h8-9,11,16H,2-7,10,12-13H2,1H3,(H3,28,29);1H. The Bertz CT molecular complexity index is 985. The van der Waals surface area contributed by atoms with Crippen molar-refractivity contribution in [2.24, 2.45) is 5.73 Å². The highest BCUT2D eigenvalue weighted by molar-refractivity contribution is 5.85. The highest BCUT2D eigenvalue weighted by Crippen LogP contribution is 2.41. The SMILES string of the molecule is CCCCCCCCOc1ccc(-c2noc(C3CC(F)(F)CN3C(=N)N)n2)cc1C(F)(F)F.Cl. The summed E-state index contributed by atoms with van der Waals surface area (Å²) >= 11 is 0. The van der Waals surface area contributed by atoms with Crippen molar-refractivity contribution in [3.8, 4) is 17.1 Å². The molecule has 7 nitrogen and oxygen atoms in total. The first kappa shape index (κ1) is 28.6. The van der Waals surface area contributed by atoms with Gasteiger partial charge in [-0.3, -0.25) is 5.41 Å². The van der Waals surface area contributed by atoms with Gasteiger partial charge in [-0.15, -0.1) is 12.4 Å². The number of ether oxygens (including phenoxy) is 1. The van der Waals surface area contributed by atoms with E-state index in [1.807, 2.05) is 0 Å². The molecule has 2 heterocycles. The Labute approximate surface area is 206 Å². The average molecular weight is 526 g/mol. The number of hydrogen-bond acceptors (Lipinski definition) is 5. The molecule has 0 spiro atoms. The molecule has 1 aromatic carbocycles. The van der Waals surface area contributed by atoms with E-state index < -0.39 is 42.6 Å². The van der Waals surface area contributed by atoms with Gasteiger partial charge in [-0.05, 0) is 24.6 Å². The number of rotatable bonds is 10. The zero-order valence-electron chi connectivity index (χ0n) is 19.2. The van der Waals surface area contributed by atoms with Crippen molar-refractivity contribution < 1.29 is 31.2 Å². The average Bonchev–Trinajstić information content (AvgIpc) is 3.37. The van der Waals surface area contributed by atoms with Gasteiger partial charge in [-0.25, -0.2) is 8.78 Å².